The first-order valence-electron chi connectivity index (χ1n) is 7.73. The van der Waals surface area contributed by atoms with E-state index in [0.717, 1.165) is 22.4 Å². The van der Waals surface area contributed by atoms with Gasteiger partial charge in [-0.3, -0.25) is 9.59 Å². The van der Waals surface area contributed by atoms with Crippen LogP contribution in [0.25, 0.3) is 0 Å². The third kappa shape index (κ3) is 2.84. The Morgan fingerprint density at radius 1 is 1.00 bits per heavy atom. The van der Waals surface area contributed by atoms with E-state index in [1.54, 1.807) is 6.07 Å². The van der Waals surface area contributed by atoms with Crippen molar-refractivity contribution in [3.63, 3.8) is 0 Å². The van der Waals surface area contributed by atoms with E-state index in [1.165, 1.54) is 4.90 Å². The summed E-state index contributed by atoms with van der Waals surface area (Å²) in [5.74, 6) is -0.354. The second-order valence-corrected chi connectivity index (χ2v) is 6.07. The SMILES string of the molecule is Cc1cccc(N2C(=O)C[C@@H](Nc3c(C)cccc3C)C2=O)c1. The van der Waals surface area contributed by atoms with Crippen molar-refractivity contribution in [2.24, 2.45) is 0 Å². The molecule has 1 aliphatic rings. The number of hydrogen-bond acceptors (Lipinski definition) is 3. The average Bonchev–Trinajstić information content (AvgIpc) is 2.77. The maximum absolute atomic E-state index is 12.7. The molecule has 0 unspecified atom stereocenters. The van der Waals surface area contributed by atoms with E-state index in [0.29, 0.717) is 5.69 Å². The van der Waals surface area contributed by atoms with Crippen LogP contribution in [-0.2, 0) is 9.59 Å². The van der Waals surface area contributed by atoms with Crippen molar-refractivity contribution in [3.05, 3.63) is 59.2 Å². The number of hydrogen-bond donors (Lipinski definition) is 1. The number of aryl methyl sites for hydroxylation is 3. The molecule has 1 heterocycles. The first-order chi connectivity index (χ1) is 11.0. The van der Waals surface area contributed by atoms with Gasteiger partial charge >= 0.3 is 0 Å². The first kappa shape index (κ1) is 15.3. The van der Waals surface area contributed by atoms with Crippen molar-refractivity contribution in [3.8, 4) is 0 Å². The highest BCUT2D eigenvalue weighted by Gasteiger charge is 2.39. The van der Waals surface area contributed by atoms with Gasteiger partial charge in [-0.05, 0) is 49.6 Å². The number of carbonyl (C=O) groups excluding carboxylic acids is 2. The predicted octanol–water partition coefficient (Wildman–Crippen LogP) is 3.36. The lowest BCUT2D eigenvalue weighted by molar-refractivity contribution is -0.121. The van der Waals surface area contributed by atoms with Crippen LogP contribution in [0.1, 0.15) is 23.1 Å². The van der Waals surface area contributed by atoms with Crippen molar-refractivity contribution in [1.29, 1.82) is 0 Å². The summed E-state index contributed by atoms with van der Waals surface area (Å²) < 4.78 is 0. The minimum Gasteiger partial charge on any atom is -0.373 e. The van der Waals surface area contributed by atoms with Gasteiger partial charge in [0.05, 0.1) is 12.1 Å². The lowest BCUT2D eigenvalue weighted by Gasteiger charge is -2.18. The third-order valence-corrected chi connectivity index (χ3v) is 4.21. The van der Waals surface area contributed by atoms with Gasteiger partial charge < -0.3 is 5.32 Å². The molecule has 0 saturated carbocycles. The molecule has 0 radical (unpaired) electrons. The number of para-hydroxylation sites is 1. The van der Waals surface area contributed by atoms with Gasteiger partial charge in [0.25, 0.3) is 5.91 Å². The number of amides is 2. The zero-order valence-electron chi connectivity index (χ0n) is 13.6. The predicted molar refractivity (Wildman–Crippen MR) is 91.6 cm³/mol. The summed E-state index contributed by atoms with van der Waals surface area (Å²) in [5.41, 5.74) is 4.74. The van der Waals surface area contributed by atoms with Gasteiger partial charge in [0.2, 0.25) is 5.91 Å². The number of nitrogens with one attached hydrogen (secondary N) is 1. The Morgan fingerprint density at radius 2 is 1.65 bits per heavy atom. The molecule has 1 fully saturated rings. The largest absolute Gasteiger partial charge is 0.373 e. The minimum absolute atomic E-state index is 0.163. The molecule has 4 heteroatoms. The van der Waals surface area contributed by atoms with E-state index in [9.17, 15) is 9.59 Å². The Bertz CT molecular complexity index is 762. The number of anilines is 2. The highest BCUT2D eigenvalue weighted by molar-refractivity contribution is 6.23. The van der Waals surface area contributed by atoms with Crippen LogP contribution in [0, 0.1) is 20.8 Å². The minimum atomic E-state index is -0.511. The van der Waals surface area contributed by atoms with E-state index < -0.39 is 6.04 Å². The molecule has 0 bridgehead atoms. The molecule has 1 saturated heterocycles. The first-order valence-corrected chi connectivity index (χ1v) is 7.73. The van der Waals surface area contributed by atoms with E-state index in [4.69, 9.17) is 0 Å². The maximum atomic E-state index is 12.7. The van der Waals surface area contributed by atoms with Crippen molar-refractivity contribution < 1.29 is 9.59 Å². The Morgan fingerprint density at radius 3 is 2.30 bits per heavy atom. The van der Waals surface area contributed by atoms with Crippen LogP contribution >= 0.6 is 0 Å². The van der Waals surface area contributed by atoms with E-state index in [1.807, 2.05) is 57.2 Å². The molecule has 1 aliphatic heterocycles. The van der Waals surface area contributed by atoms with E-state index in [2.05, 4.69) is 5.32 Å². The van der Waals surface area contributed by atoms with E-state index >= 15 is 0 Å². The summed E-state index contributed by atoms with van der Waals surface area (Å²) in [6, 6.07) is 12.9. The van der Waals surface area contributed by atoms with Crippen LogP contribution in [0.5, 0.6) is 0 Å². The van der Waals surface area contributed by atoms with Crippen molar-refractivity contribution in [2.75, 3.05) is 10.2 Å². The number of benzene rings is 2. The summed E-state index contributed by atoms with van der Waals surface area (Å²) in [6.45, 7) is 5.94. The van der Waals surface area contributed by atoms with Crippen LogP contribution in [-0.4, -0.2) is 17.9 Å². The number of carbonyl (C=O) groups is 2. The molecule has 0 spiro atoms. The quantitative estimate of drug-likeness (QED) is 0.885. The molecule has 118 valence electrons. The topological polar surface area (TPSA) is 49.4 Å². The van der Waals surface area contributed by atoms with Gasteiger partial charge in [0.15, 0.2) is 0 Å². The van der Waals surface area contributed by atoms with Crippen molar-refractivity contribution >= 4 is 23.2 Å². The molecule has 4 nitrogen and oxygen atoms in total. The Balaban J connectivity index is 1.87. The molecule has 0 aliphatic carbocycles. The Hall–Kier alpha value is -2.62. The molecule has 23 heavy (non-hydrogen) atoms. The second kappa shape index (κ2) is 5.88. The molecule has 1 N–H and O–H groups in total. The zero-order valence-corrected chi connectivity index (χ0v) is 13.6. The van der Waals surface area contributed by atoms with Crippen LogP contribution in [0.4, 0.5) is 11.4 Å². The van der Waals surface area contributed by atoms with Gasteiger partial charge in [-0.2, -0.15) is 0 Å². The lowest BCUT2D eigenvalue weighted by atomic mass is 10.1. The van der Waals surface area contributed by atoms with Gasteiger partial charge in [-0.1, -0.05) is 30.3 Å². The molecule has 1 atom stereocenters. The Labute approximate surface area is 136 Å². The third-order valence-electron chi connectivity index (χ3n) is 4.21. The average molecular weight is 308 g/mol. The monoisotopic (exact) mass is 308 g/mol. The summed E-state index contributed by atoms with van der Waals surface area (Å²) >= 11 is 0. The highest BCUT2D eigenvalue weighted by Crippen LogP contribution is 2.27. The molecule has 3 rings (SSSR count). The van der Waals surface area contributed by atoms with Crippen molar-refractivity contribution in [2.45, 2.75) is 33.2 Å². The number of nitrogens with zero attached hydrogens (tertiary/aromatic N) is 1. The molecule has 2 amide bonds. The smallest absolute Gasteiger partial charge is 0.256 e. The summed E-state index contributed by atoms with van der Waals surface area (Å²) in [7, 11) is 0. The van der Waals surface area contributed by atoms with Crippen molar-refractivity contribution in [1.82, 2.24) is 0 Å². The number of imide groups is 1. The van der Waals surface area contributed by atoms with Crippen LogP contribution in [0.2, 0.25) is 0 Å². The molecular formula is C19H20N2O2. The van der Waals surface area contributed by atoms with Crippen LogP contribution in [0.15, 0.2) is 42.5 Å². The fraction of sp³-hybridized carbons (Fsp3) is 0.263. The summed E-state index contributed by atoms with van der Waals surface area (Å²) in [5, 5.41) is 3.26. The van der Waals surface area contributed by atoms with Crippen LogP contribution in [0.3, 0.4) is 0 Å². The summed E-state index contributed by atoms with van der Waals surface area (Å²) in [4.78, 5) is 26.3. The fourth-order valence-electron chi connectivity index (χ4n) is 3.00. The fourth-order valence-corrected chi connectivity index (χ4v) is 3.00. The normalized spacial score (nSPS) is 17.7. The molecular weight excluding hydrogens is 288 g/mol. The van der Waals surface area contributed by atoms with Gasteiger partial charge in [0.1, 0.15) is 6.04 Å². The standard InChI is InChI=1S/C19H20N2O2/c1-12-6-4-9-15(10-12)21-17(22)11-16(19(21)23)20-18-13(2)7-5-8-14(18)3/h4-10,16,20H,11H2,1-3H3/t16-/m1/s1. The van der Waals surface area contributed by atoms with Gasteiger partial charge in [-0.15, -0.1) is 0 Å². The zero-order chi connectivity index (χ0) is 16.6. The van der Waals surface area contributed by atoms with Gasteiger partial charge in [-0.25, -0.2) is 4.90 Å². The van der Waals surface area contributed by atoms with Gasteiger partial charge in [0, 0.05) is 5.69 Å². The molecule has 2 aromatic rings. The number of rotatable bonds is 3. The summed E-state index contributed by atoms with van der Waals surface area (Å²) in [6.07, 6.45) is 0.181. The Kier molecular flexibility index (Phi) is 3.90. The second-order valence-electron chi connectivity index (χ2n) is 6.07. The molecule has 0 aromatic heterocycles. The molecule has 2 aromatic carbocycles. The highest BCUT2D eigenvalue weighted by atomic mass is 16.2. The lowest BCUT2D eigenvalue weighted by Crippen LogP contribution is -2.35. The van der Waals surface area contributed by atoms with E-state index in [-0.39, 0.29) is 18.2 Å². The van der Waals surface area contributed by atoms with Crippen LogP contribution < -0.4 is 10.2 Å². The maximum Gasteiger partial charge on any atom is 0.256 e.